The van der Waals surface area contributed by atoms with Crippen molar-refractivity contribution in [2.24, 2.45) is 68.7 Å². The summed E-state index contributed by atoms with van der Waals surface area (Å²) in [4.78, 5) is 10.9. The first-order valence-corrected chi connectivity index (χ1v) is 22.9. The largest absolute Gasteiger partial charge is 0.486 e. The minimum absolute atomic E-state index is 0.0442. The van der Waals surface area contributed by atoms with Crippen LogP contribution in [0.4, 0.5) is 0 Å². The molecule has 1 N–H and O–H groups in total. The molecule has 2 saturated carbocycles. The number of fused-ring (bicyclic) bond motifs is 9. The molecule has 0 radical (unpaired) electrons. The Morgan fingerprint density at radius 3 is 2.54 bits per heavy atom. The number of allylic oxidation sites excluding steroid dienone is 17. The van der Waals surface area contributed by atoms with Crippen molar-refractivity contribution in [1.29, 1.82) is 0 Å². The van der Waals surface area contributed by atoms with Gasteiger partial charge in [0, 0.05) is 29.1 Å². The van der Waals surface area contributed by atoms with Crippen LogP contribution in [0, 0.1) is 58.7 Å². The molecule has 11 rings (SSSR count). The summed E-state index contributed by atoms with van der Waals surface area (Å²) in [5.41, 5.74) is 6.15. The summed E-state index contributed by atoms with van der Waals surface area (Å²) in [7, 11) is 0. The highest BCUT2D eigenvalue weighted by atomic mass is 16.5. The Morgan fingerprint density at radius 1 is 0.679 bits per heavy atom. The van der Waals surface area contributed by atoms with E-state index in [9.17, 15) is 0 Å². The van der Waals surface area contributed by atoms with Gasteiger partial charge in [0.05, 0.1) is 0 Å². The Kier molecular flexibility index (Phi) is 9.31. The van der Waals surface area contributed by atoms with E-state index in [1.165, 1.54) is 75.0 Å². The third-order valence-electron chi connectivity index (χ3n) is 16.0. The normalized spacial score (nSPS) is 42.0. The summed E-state index contributed by atoms with van der Waals surface area (Å²) in [5, 5.41) is 4.00. The van der Waals surface area contributed by atoms with Crippen LogP contribution in [-0.4, -0.2) is 23.9 Å². The highest BCUT2D eigenvalue weighted by molar-refractivity contribution is 6.01. The van der Waals surface area contributed by atoms with Crippen LogP contribution in [0.2, 0.25) is 0 Å². The molecule has 9 aliphatic carbocycles. The van der Waals surface area contributed by atoms with Crippen LogP contribution >= 0.6 is 0 Å². The molecule has 0 aromatic heterocycles. The number of ether oxygens (including phenoxy) is 1. The van der Waals surface area contributed by atoms with Gasteiger partial charge in [-0.3, -0.25) is 0 Å². The van der Waals surface area contributed by atoms with Gasteiger partial charge >= 0.3 is 0 Å². The SMILES string of the molecule is C1=CC2C3C=CCCC3C3(C4=CCCC=C4OC4C=CC(C5CCCC(C6=NC(C7CC=CCC7)=NC(C7=CC(C8=CCCCC8)CC=C7)N6)C5)=CC43)C2C=C1. The topological polar surface area (TPSA) is 46.0 Å². The number of rotatable bonds is 5. The molecular formula is C52H61N3O. The average molecular weight is 744 g/mol. The predicted molar refractivity (Wildman–Crippen MR) is 230 cm³/mol. The zero-order chi connectivity index (χ0) is 37.1. The highest BCUT2D eigenvalue weighted by Crippen LogP contribution is 2.70. The molecule has 0 amide bonds. The van der Waals surface area contributed by atoms with Crippen molar-refractivity contribution in [1.82, 2.24) is 5.32 Å². The van der Waals surface area contributed by atoms with E-state index < -0.39 is 0 Å². The molecule has 1 spiro atoms. The van der Waals surface area contributed by atoms with E-state index >= 15 is 0 Å². The summed E-state index contributed by atoms with van der Waals surface area (Å²) >= 11 is 0. The molecule has 12 atom stereocenters. The van der Waals surface area contributed by atoms with Crippen molar-refractivity contribution in [3.8, 4) is 0 Å². The quantitative estimate of drug-likeness (QED) is 0.285. The molecule has 0 aromatic carbocycles. The van der Waals surface area contributed by atoms with E-state index in [0.717, 1.165) is 50.8 Å². The predicted octanol–water partition coefficient (Wildman–Crippen LogP) is 11.9. The van der Waals surface area contributed by atoms with Gasteiger partial charge in [-0.2, -0.15) is 0 Å². The smallest absolute Gasteiger partial charge is 0.147 e. The van der Waals surface area contributed by atoms with Crippen LogP contribution in [-0.2, 0) is 4.74 Å². The van der Waals surface area contributed by atoms with E-state index in [4.69, 9.17) is 14.7 Å². The molecular weight excluding hydrogens is 683 g/mol. The number of nitrogens with one attached hydrogen (secondary N) is 1. The maximum absolute atomic E-state index is 7.02. The second-order valence-corrected chi connectivity index (χ2v) is 18.9. The van der Waals surface area contributed by atoms with Gasteiger partial charge in [-0.15, -0.1) is 0 Å². The Morgan fingerprint density at radius 2 is 1.61 bits per heavy atom. The van der Waals surface area contributed by atoms with Gasteiger partial charge in [-0.1, -0.05) is 103 Å². The zero-order valence-electron chi connectivity index (χ0n) is 33.3. The number of amidine groups is 2. The summed E-state index contributed by atoms with van der Waals surface area (Å²) in [6, 6.07) is 0. The van der Waals surface area contributed by atoms with E-state index in [0.29, 0.717) is 53.3 Å². The molecule has 290 valence electrons. The van der Waals surface area contributed by atoms with Crippen LogP contribution in [0.15, 0.2) is 141 Å². The van der Waals surface area contributed by atoms with Gasteiger partial charge < -0.3 is 10.1 Å². The van der Waals surface area contributed by atoms with Crippen LogP contribution in [0.1, 0.15) is 103 Å². The van der Waals surface area contributed by atoms with E-state index in [-0.39, 0.29) is 17.7 Å². The zero-order valence-corrected chi connectivity index (χ0v) is 33.3. The number of hydrogen-bond acceptors (Lipinski definition) is 4. The number of nitrogens with zero attached hydrogens (tertiary/aromatic N) is 2. The summed E-state index contributed by atoms with van der Waals surface area (Å²) < 4.78 is 7.02. The summed E-state index contributed by atoms with van der Waals surface area (Å²) in [6.07, 6.45) is 61.5. The molecule has 12 unspecified atom stereocenters. The maximum atomic E-state index is 7.02. The first kappa shape index (κ1) is 35.3. The average Bonchev–Trinajstić information content (AvgIpc) is 3.57. The molecule has 0 bridgehead atoms. The first-order valence-electron chi connectivity index (χ1n) is 22.9. The highest BCUT2D eigenvalue weighted by Gasteiger charge is 2.66. The lowest BCUT2D eigenvalue weighted by molar-refractivity contribution is -0.0192. The first-order chi connectivity index (χ1) is 27.7. The molecule has 2 aliphatic heterocycles. The van der Waals surface area contributed by atoms with Gasteiger partial charge in [-0.05, 0) is 155 Å². The number of aliphatic imine (C=N–C) groups is 2. The summed E-state index contributed by atoms with van der Waals surface area (Å²) in [5.74, 6) is 8.01. The minimum atomic E-state index is -0.0442. The molecule has 0 aromatic rings. The maximum Gasteiger partial charge on any atom is 0.147 e. The van der Waals surface area contributed by atoms with Crippen molar-refractivity contribution >= 4 is 11.7 Å². The van der Waals surface area contributed by atoms with Crippen LogP contribution in [0.25, 0.3) is 0 Å². The Hall–Kier alpha value is -3.92. The molecule has 3 fully saturated rings. The van der Waals surface area contributed by atoms with Crippen molar-refractivity contribution in [3.05, 3.63) is 131 Å². The molecule has 4 heteroatoms. The van der Waals surface area contributed by atoms with Crippen LogP contribution in [0.5, 0.6) is 0 Å². The second-order valence-electron chi connectivity index (χ2n) is 18.9. The van der Waals surface area contributed by atoms with E-state index in [1.54, 1.807) is 16.7 Å². The number of hydrogen-bond donors (Lipinski definition) is 1. The molecule has 1 saturated heterocycles. The molecule has 56 heavy (non-hydrogen) atoms. The lowest BCUT2D eigenvalue weighted by Gasteiger charge is -2.55. The van der Waals surface area contributed by atoms with E-state index in [2.05, 4.69) is 109 Å². The monoisotopic (exact) mass is 743 g/mol. The minimum Gasteiger partial charge on any atom is -0.486 e. The van der Waals surface area contributed by atoms with Gasteiger partial charge in [-0.25, -0.2) is 9.98 Å². The molecule has 2 heterocycles. The third kappa shape index (κ3) is 5.98. The Balaban J connectivity index is 0.909. The lowest BCUT2D eigenvalue weighted by Crippen LogP contribution is -2.52. The van der Waals surface area contributed by atoms with E-state index in [1.807, 2.05) is 0 Å². The van der Waals surface area contributed by atoms with Crippen molar-refractivity contribution in [2.45, 2.75) is 115 Å². The standard InChI is InChI=1S/C52H61N3O/c1-3-15-34(16-4-1)36-19-13-21-39(31-36)50-53-49(35-17-5-2-6-18-35)54-51(55-50)40-22-14-20-37(32-40)38-29-30-48-46(33-38)52(45-27-11-12-28-47(45)56-48)43-25-9-7-23-41(43)42-24-8-10-26-44(42)52/h2,5,7-9,13,15,21,23-25,27-31,33,35-37,40-44,46,48,50H,1,3-4,6,10-12,14,16-20,22,26,32H2,(H,53,54,55). The molecule has 4 nitrogen and oxygen atoms in total. The van der Waals surface area contributed by atoms with Crippen LogP contribution in [0.3, 0.4) is 0 Å². The van der Waals surface area contributed by atoms with Crippen molar-refractivity contribution in [2.75, 3.05) is 0 Å². The van der Waals surface area contributed by atoms with Crippen molar-refractivity contribution < 1.29 is 4.74 Å². The van der Waals surface area contributed by atoms with Crippen LogP contribution < -0.4 is 5.32 Å². The van der Waals surface area contributed by atoms with Crippen molar-refractivity contribution in [3.63, 3.8) is 0 Å². The lowest BCUT2D eigenvalue weighted by atomic mass is 9.52. The van der Waals surface area contributed by atoms with Gasteiger partial charge in [0.15, 0.2) is 0 Å². The fraction of sp³-hybridized carbons (Fsp3) is 0.538. The third-order valence-corrected chi connectivity index (χ3v) is 16.0. The van der Waals surface area contributed by atoms with Gasteiger partial charge in [0.25, 0.3) is 0 Å². The fourth-order valence-electron chi connectivity index (χ4n) is 13.5. The Bertz CT molecular complexity index is 2010. The van der Waals surface area contributed by atoms with Gasteiger partial charge in [0.1, 0.15) is 29.7 Å². The summed E-state index contributed by atoms with van der Waals surface area (Å²) in [6.45, 7) is 0. The fourth-order valence-corrected chi connectivity index (χ4v) is 13.5. The van der Waals surface area contributed by atoms with Gasteiger partial charge in [0.2, 0.25) is 0 Å². The second kappa shape index (κ2) is 14.8. The molecule has 11 aliphatic rings. The Labute approximate surface area is 335 Å².